The van der Waals surface area contributed by atoms with Crippen LogP contribution in [0.5, 0.6) is 11.5 Å². The molecule has 3 aromatic carbocycles. The maximum absolute atomic E-state index is 10.3. The molecular weight excluding hydrogens is 350 g/mol. The Kier molecular flexibility index (Phi) is 3.62. The highest BCUT2D eigenvalue weighted by molar-refractivity contribution is 6.30. The van der Waals surface area contributed by atoms with Gasteiger partial charge in [0.25, 0.3) is 5.79 Å². The first kappa shape index (κ1) is 17.0. The van der Waals surface area contributed by atoms with Crippen LogP contribution in [0.4, 0.5) is 5.69 Å². The fourth-order valence-electron chi connectivity index (χ4n) is 3.34. The summed E-state index contributed by atoms with van der Waals surface area (Å²) in [6.07, 6.45) is 0. The molecule has 0 aliphatic carbocycles. The molecule has 0 radical (unpaired) electrons. The van der Waals surface area contributed by atoms with Crippen LogP contribution >= 0.6 is 11.6 Å². The summed E-state index contributed by atoms with van der Waals surface area (Å²) in [5.74, 6) is 0.344. The zero-order valence-electron chi connectivity index (χ0n) is 14.8. The van der Waals surface area contributed by atoms with E-state index in [0.717, 1.165) is 16.3 Å². The molecule has 134 valence electrons. The Morgan fingerprint density at radius 2 is 1.62 bits per heavy atom. The maximum Gasteiger partial charge on any atom is 0.275 e. The molecule has 1 aliphatic rings. The average molecular weight is 370 g/mol. The van der Waals surface area contributed by atoms with Crippen LogP contribution in [0.3, 0.4) is 0 Å². The quantitative estimate of drug-likeness (QED) is 0.627. The third kappa shape index (κ3) is 2.75. The summed E-state index contributed by atoms with van der Waals surface area (Å²) in [6, 6.07) is 15.0. The number of benzene rings is 3. The number of aliphatic hydroxyl groups is 1. The molecule has 0 bridgehead atoms. The Morgan fingerprint density at radius 3 is 2.19 bits per heavy atom. The lowest BCUT2D eigenvalue weighted by Gasteiger charge is -2.23. The third-order valence-electron chi connectivity index (χ3n) is 4.69. The molecule has 0 aromatic heterocycles. The van der Waals surface area contributed by atoms with E-state index in [0.29, 0.717) is 27.8 Å². The fraction of sp³-hybridized carbons (Fsp3) is 0.238. The molecular formula is C21H20ClNO3. The molecule has 0 saturated heterocycles. The van der Waals surface area contributed by atoms with E-state index in [4.69, 9.17) is 26.8 Å². The SMILES string of the molecule is CC(C)(O)c1cc2cc3c(cc2cc1N)OC(C)(c1cccc(Cl)c1)O3. The number of ether oxygens (including phenoxy) is 2. The first-order valence-electron chi connectivity index (χ1n) is 8.40. The molecule has 1 heterocycles. The Morgan fingerprint density at radius 1 is 1.00 bits per heavy atom. The predicted molar refractivity (Wildman–Crippen MR) is 104 cm³/mol. The van der Waals surface area contributed by atoms with Gasteiger partial charge in [0.1, 0.15) is 0 Å². The Balaban J connectivity index is 1.80. The number of fused-ring (bicyclic) bond motifs is 2. The van der Waals surface area contributed by atoms with Crippen molar-refractivity contribution in [1.82, 2.24) is 0 Å². The van der Waals surface area contributed by atoms with Crippen molar-refractivity contribution in [2.45, 2.75) is 32.2 Å². The van der Waals surface area contributed by atoms with E-state index in [1.54, 1.807) is 13.8 Å². The monoisotopic (exact) mass is 369 g/mol. The summed E-state index contributed by atoms with van der Waals surface area (Å²) >= 11 is 6.11. The van der Waals surface area contributed by atoms with Crippen molar-refractivity contribution in [3.05, 3.63) is 64.7 Å². The van der Waals surface area contributed by atoms with Gasteiger partial charge in [-0.25, -0.2) is 0 Å². The van der Waals surface area contributed by atoms with Gasteiger partial charge < -0.3 is 20.3 Å². The summed E-state index contributed by atoms with van der Waals surface area (Å²) < 4.78 is 12.2. The van der Waals surface area contributed by atoms with Crippen molar-refractivity contribution < 1.29 is 14.6 Å². The zero-order valence-corrected chi connectivity index (χ0v) is 15.6. The first-order valence-corrected chi connectivity index (χ1v) is 8.78. The molecule has 0 saturated carbocycles. The number of nitrogen functional groups attached to an aromatic ring is 1. The smallest absolute Gasteiger partial charge is 0.275 e. The third-order valence-corrected chi connectivity index (χ3v) is 4.92. The minimum atomic E-state index is -1.02. The Hall–Kier alpha value is -2.43. The number of nitrogens with two attached hydrogens (primary N) is 1. The van der Waals surface area contributed by atoms with Gasteiger partial charge in [0.15, 0.2) is 11.5 Å². The van der Waals surface area contributed by atoms with Gasteiger partial charge in [-0.15, -0.1) is 0 Å². The van der Waals surface area contributed by atoms with Crippen LogP contribution in [0.15, 0.2) is 48.5 Å². The molecule has 0 spiro atoms. The molecule has 3 aromatic rings. The standard InChI is InChI=1S/C21H20ClNO3/c1-20(2,24)16-7-12-9-18-19(10-13(12)8-17(16)23)26-21(3,25-18)14-5-4-6-15(22)11-14/h4-11,24H,23H2,1-3H3. The van der Waals surface area contributed by atoms with Crippen LogP contribution in [0, 0.1) is 0 Å². The second-order valence-electron chi connectivity index (χ2n) is 7.30. The van der Waals surface area contributed by atoms with E-state index >= 15 is 0 Å². The van der Waals surface area contributed by atoms with E-state index in [1.807, 2.05) is 55.5 Å². The Labute approximate surface area is 157 Å². The summed E-state index contributed by atoms with van der Waals surface area (Å²) in [5.41, 5.74) is 7.17. The van der Waals surface area contributed by atoms with Crippen LogP contribution < -0.4 is 15.2 Å². The van der Waals surface area contributed by atoms with Crippen molar-refractivity contribution in [1.29, 1.82) is 0 Å². The van der Waals surface area contributed by atoms with Crippen molar-refractivity contribution >= 4 is 28.1 Å². The number of hydrogen-bond donors (Lipinski definition) is 2. The van der Waals surface area contributed by atoms with Crippen molar-refractivity contribution in [3.8, 4) is 11.5 Å². The molecule has 5 heteroatoms. The number of hydrogen-bond acceptors (Lipinski definition) is 4. The van der Waals surface area contributed by atoms with E-state index in [2.05, 4.69) is 0 Å². The van der Waals surface area contributed by atoms with E-state index < -0.39 is 11.4 Å². The molecule has 4 rings (SSSR count). The van der Waals surface area contributed by atoms with Gasteiger partial charge in [-0.05, 0) is 61.0 Å². The molecule has 0 fully saturated rings. The number of halogens is 1. The maximum atomic E-state index is 10.3. The van der Waals surface area contributed by atoms with Crippen LogP contribution in [0.25, 0.3) is 10.8 Å². The van der Waals surface area contributed by atoms with Crippen LogP contribution in [-0.2, 0) is 11.4 Å². The second kappa shape index (κ2) is 5.53. The highest BCUT2D eigenvalue weighted by atomic mass is 35.5. The van der Waals surface area contributed by atoms with Crippen molar-refractivity contribution in [2.24, 2.45) is 0 Å². The van der Waals surface area contributed by atoms with Crippen LogP contribution in [0.1, 0.15) is 31.9 Å². The van der Waals surface area contributed by atoms with Crippen molar-refractivity contribution in [2.75, 3.05) is 5.73 Å². The molecule has 1 unspecified atom stereocenters. The number of anilines is 1. The van der Waals surface area contributed by atoms with Crippen LogP contribution in [0.2, 0.25) is 5.02 Å². The lowest BCUT2D eigenvalue weighted by atomic mass is 9.93. The van der Waals surface area contributed by atoms with Crippen molar-refractivity contribution in [3.63, 3.8) is 0 Å². The molecule has 26 heavy (non-hydrogen) atoms. The zero-order chi connectivity index (χ0) is 18.7. The van der Waals surface area contributed by atoms with Gasteiger partial charge >= 0.3 is 0 Å². The van der Waals surface area contributed by atoms with Gasteiger partial charge in [-0.2, -0.15) is 0 Å². The summed E-state index contributed by atoms with van der Waals surface area (Å²) in [4.78, 5) is 0. The highest BCUT2D eigenvalue weighted by Crippen LogP contribution is 2.47. The second-order valence-corrected chi connectivity index (χ2v) is 7.74. The molecule has 1 atom stereocenters. The lowest BCUT2D eigenvalue weighted by molar-refractivity contribution is -0.0679. The summed E-state index contributed by atoms with van der Waals surface area (Å²) in [7, 11) is 0. The van der Waals surface area contributed by atoms with E-state index in [1.165, 1.54) is 0 Å². The minimum Gasteiger partial charge on any atom is -0.445 e. The highest BCUT2D eigenvalue weighted by Gasteiger charge is 2.39. The van der Waals surface area contributed by atoms with E-state index in [-0.39, 0.29) is 0 Å². The molecule has 3 N–H and O–H groups in total. The van der Waals surface area contributed by atoms with Gasteiger partial charge in [0.2, 0.25) is 0 Å². The molecule has 1 aliphatic heterocycles. The number of rotatable bonds is 2. The van der Waals surface area contributed by atoms with Gasteiger partial charge in [0, 0.05) is 28.8 Å². The Bertz CT molecular complexity index is 1030. The van der Waals surface area contributed by atoms with Gasteiger partial charge in [-0.3, -0.25) is 0 Å². The first-order chi connectivity index (χ1) is 12.2. The molecule has 4 nitrogen and oxygen atoms in total. The van der Waals surface area contributed by atoms with Gasteiger partial charge in [-0.1, -0.05) is 23.7 Å². The summed E-state index contributed by atoms with van der Waals surface area (Å²) in [5, 5.41) is 12.8. The van der Waals surface area contributed by atoms with E-state index in [9.17, 15) is 5.11 Å². The molecule has 0 amide bonds. The lowest BCUT2D eigenvalue weighted by Crippen LogP contribution is -2.31. The minimum absolute atomic E-state index is 0.543. The summed E-state index contributed by atoms with van der Waals surface area (Å²) in [6.45, 7) is 5.29. The normalized spacial score (nSPS) is 19.1. The predicted octanol–water partition coefficient (Wildman–Crippen LogP) is 4.95. The average Bonchev–Trinajstić information content (AvgIpc) is 2.87. The van der Waals surface area contributed by atoms with Gasteiger partial charge in [0.05, 0.1) is 5.60 Å². The topological polar surface area (TPSA) is 64.7 Å². The largest absolute Gasteiger partial charge is 0.445 e. The van der Waals surface area contributed by atoms with Crippen LogP contribution in [-0.4, -0.2) is 5.11 Å². The fourth-order valence-corrected chi connectivity index (χ4v) is 3.53.